The molecule has 0 bridgehead atoms. The van der Waals surface area contributed by atoms with E-state index in [0.29, 0.717) is 18.0 Å². The van der Waals surface area contributed by atoms with Crippen LogP contribution >= 0.6 is 0 Å². The van der Waals surface area contributed by atoms with E-state index in [9.17, 15) is 13.2 Å². The maximum atomic E-state index is 13.4. The highest BCUT2D eigenvalue weighted by Gasteiger charge is 2.41. The Bertz CT molecular complexity index is 1050. The molecule has 1 saturated heterocycles. The van der Waals surface area contributed by atoms with E-state index in [-0.39, 0.29) is 18.5 Å². The van der Waals surface area contributed by atoms with Gasteiger partial charge >= 0.3 is 0 Å². The van der Waals surface area contributed by atoms with Gasteiger partial charge in [-0.05, 0) is 66.5 Å². The van der Waals surface area contributed by atoms with Crippen molar-refractivity contribution in [1.82, 2.24) is 9.21 Å². The summed E-state index contributed by atoms with van der Waals surface area (Å²) < 4.78 is 28.1. The molecule has 3 aliphatic rings. The summed E-state index contributed by atoms with van der Waals surface area (Å²) in [6.45, 7) is 0.910. The van der Waals surface area contributed by atoms with E-state index < -0.39 is 10.0 Å². The first-order valence-electron chi connectivity index (χ1n) is 10.0. The lowest BCUT2D eigenvalue weighted by molar-refractivity contribution is -0.138. The monoisotopic (exact) mass is 396 g/mol. The molecule has 6 heteroatoms. The van der Waals surface area contributed by atoms with Crippen molar-refractivity contribution in [3.8, 4) is 0 Å². The molecule has 146 valence electrons. The van der Waals surface area contributed by atoms with Crippen molar-refractivity contribution in [2.24, 2.45) is 0 Å². The molecule has 0 radical (unpaired) electrons. The molecule has 2 aromatic rings. The number of carbonyl (C=O) groups excluding carboxylic acids is 1. The van der Waals surface area contributed by atoms with E-state index >= 15 is 0 Å². The smallest absolute Gasteiger partial charge is 0.243 e. The van der Waals surface area contributed by atoms with Crippen LogP contribution in [0.4, 0.5) is 0 Å². The van der Waals surface area contributed by atoms with Gasteiger partial charge in [0.2, 0.25) is 15.9 Å². The number of benzene rings is 2. The Kier molecular flexibility index (Phi) is 4.29. The van der Waals surface area contributed by atoms with Crippen LogP contribution in [0.3, 0.4) is 0 Å². The lowest BCUT2D eigenvalue weighted by Crippen LogP contribution is -2.55. The summed E-state index contributed by atoms with van der Waals surface area (Å²) in [6.07, 6.45) is 5.05. The van der Waals surface area contributed by atoms with E-state index in [1.165, 1.54) is 15.4 Å². The van der Waals surface area contributed by atoms with Gasteiger partial charge in [0, 0.05) is 13.1 Å². The van der Waals surface area contributed by atoms with Crippen molar-refractivity contribution in [1.29, 1.82) is 0 Å². The minimum absolute atomic E-state index is 0.0713. The minimum atomic E-state index is -3.70. The zero-order valence-electron chi connectivity index (χ0n) is 15.8. The second kappa shape index (κ2) is 6.71. The molecular formula is C22H24N2O3S. The first kappa shape index (κ1) is 17.9. The largest absolute Gasteiger partial charge is 0.333 e. The van der Waals surface area contributed by atoms with E-state index in [2.05, 4.69) is 6.07 Å². The molecule has 1 amide bonds. The topological polar surface area (TPSA) is 57.7 Å². The van der Waals surface area contributed by atoms with Crippen LogP contribution in [0.5, 0.6) is 0 Å². The van der Waals surface area contributed by atoms with Gasteiger partial charge in [-0.15, -0.1) is 0 Å². The predicted molar refractivity (Wildman–Crippen MR) is 106 cm³/mol. The van der Waals surface area contributed by atoms with E-state index in [0.717, 1.165) is 43.2 Å². The molecule has 5 rings (SSSR count). The van der Waals surface area contributed by atoms with Gasteiger partial charge in [-0.3, -0.25) is 4.79 Å². The average Bonchev–Trinajstić information content (AvgIpc) is 2.73. The summed E-state index contributed by atoms with van der Waals surface area (Å²) in [6, 6.07) is 13.4. The first-order chi connectivity index (χ1) is 13.5. The number of sulfonamides is 1. The number of hydrogen-bond acceptors (Lipinski definition) is 3. The highest BCUT2D eigenvalue weighted by atomic mass is 32.2. The Balaban J connectivity index is 1.49. The maximum absolute atomic E-state index is 13.4. The Morgan fingerprint density at radius 3 is 2.54 bits per heavy atom. The van der Waals surface area contributed by atoms with Crippen molar-refractivity contribution in [2.45, 2.75) is 43.0 Å². The van der Waals surface area contributed by atoms with Crippen molar-refractivity contribution in [2.75, 3.05) is 19.6 Å². The summed E-state index contributed by atoms with van der Waals surface area (Å²) in [7, 11) is -3.70. The van der Waals surface area contributed by atoms with Crippen LogP contribution in [0.1, 0.15) is 41.1 Å². The molecule has 28 heavy (non-hydrogen) atoms. The van der Waals surface area contributed by atoms with Crippen molar-refractivity contribution in [3.63, 3.8) is 0 Å². The fourth-order valence-corrected chi connectivity index (χ4v) is 6.30. The third-order valence-corrected chi connectivity index (χ3v) is 8.19. The summed E-state index contributed by atoms with van der Waals surface area (Å²) in [5.74, 6) is -0.104. The van der Waals surface area contributed by atoms with E-state index in [4.69, 9.17) is 0 Å². The molecule has 1 aliphatic carbocycles. The van der Waals surface area contributed by atoms with Crippen LogP contribution in [0.15, 0.2) is 47.4 Å². The minimum Gasteiger partial charge on any atom is -0.333 e. The van der Waals surface area contributed by atoms with Gasteiger partial charge in [0.05, 0.1) is 17.5 Å². The third kappa shape index (κ3) is 2.86. The summed E-state index contributed by atoms with van der Waals surface area (Å²) in [5.41, 5.74) is 4.68. The lowest BCUT2D eigenvalue weighted by Gasteiger charge is -2.44. The second-order valence-electron chi connectivity index (χ2n) is 7.99. The summed E-state index contributed by atoms with van der Waals surface area (Å²) >= 11 is 0. The molecular weight excluding hydrogens is 372 g/mol. The van der Waals surface area contributed by atoms with Gasteiger partial charge in [-0.25, -0.2) is 8.42 Å². The van der Waals surface area contributed by atoms with E-state index in [1.54, 1.807) is 6.07 Å². The average molecular weight is 397 g/mol. The number of aryl methyl sites for hydroxylation is 2. The highest BCUT2D eigenvalue weighted by Crippen LogP contribution is 2.35. The molecule has 2 aliphatic heterocycles. The normalized spacial score (nSPS) is 22.4. The number of piperazine rings is 1. The van der Waals surface area contributed by atoms with Crippen LogP contribution < -0.4 is 0 Å². The second-order valence-corrected chi connectivity index (χ2v) is 9.92. The number of fused-ring (bicyclic) bond motifs is 4. The molecule has 1 fully saturated rings. The number of amides is 1. The molecule has 0 aromatic heterocycles. The van der Waals surface area contributed by atoms with Crippen LogP contribution in [-0.4, -0.2) is 43.2 Å². The van der Waals surface area contributed by atoms with Crippen LogP contribution in [0, 0.1) is 0 Å². The van der Waals surface area contributed by atoms with Crippen LogP contribution in [0.25, 0.3) is 0 Å². The van der Waals surface area contributed by atoms with Crippen molar-refractivity contribution in [3.05, 3.63) is 64.7 Å². The molecule has 1 unspecified atom stereocenters. The standard InChI is InChI=1S/C22H24N2O3S/c25-22-15-23(14-21-20-8-4-3-6-17(20)11-12-24(21)22)28(26,27)19-10-9-16-5-1-2-7-18(16)13-19/h3-4,6,8-10,13,21H,1-2,5,7,11-12,14-15H2. The molecule has 2 aromatic carbocycles. The summed E-state index contributed by atoms with van der Waals surface area (Å²) in [4.78, 5) is 14.9. The SMILES string of the molecule is O=C1CN(S(=O)(=O)c2ccc3c(c2)CCCC3)CC2c3ccccc3CCN12. The van der Waals surface area contributed by atoms with Gasteiger partial charge in [0.1, 0.15) is 0 Å². The third-order valence-electron chi connectivity index (χ3n) is 6.38. The van der Waals surface area contributed by atoms with Gasteiger partial charge in [-0.1, -0.05) is 30.3 Å². The van der Waals surface area contributed by atoms with Crippen LogP contribution in [-0.2, 0) is 34.1 Å². The van der Waals surface area contributed by atoms with Crippen LogP contribution in [0.2, 0.25) is 0 Å². The zero-order valence-corrected chi connectivity index (χ0v) is 16.6. The van der Waals surface area contributed by atoms with Gasteiger partial charge in [-0.2, -0.15) is 4.31 Å². The maximum Gasteiger partial charge on any atom is 0.243 e. The number of nitrogens with zero attached hydrogens (tertiary/aromatic N) is 2. The molecule has 1 atom stereocenters. The predicted octanol–water partition coefficient (Wildman–Crippen LogP) is 2.70. The molecule has 0 spiro atoms. The Morgan fingerprint density at radius 2 is 1.68 bits per heavy atom. The molecule has 0 saturated carbocycles. The Morgan fingerprint density at radius 1 is 0.893 bits per heavy atom. The Labute approximate surface area is 166 Å². The molecule has 0 N–H and O–H groups in total. The van der Waals surface area contributed by atoms with Gasteiger partial charge < -0.3 is 4.90 Å². The lowest BCUT2D eigenvalue weighted by atomic mass is 9.91. The van der Waals surface area contributed by atoms with Crippen molar-refractivity contribution >= 4 is 15.9 Å². The zero-order chi connectivity index (χ0) is 19.3. The summed E-state index contributed by atoms with van der Waals surface area (Å²) in [5, 5.41) is 0. The van der Waals surface area contributed by atoms with Gasteiger partial charge in [0.15, 0.2) is 0 Å². The number of rotatable bonds is 2. The number of carbonyl (C=O) groups is 1. The number of hydrogen-bond donors (Lipinski definition) is 0. The Hall–Kier alpha value is -2.18. The first-order valence-corrected chi connectivity index (χ1v) is 11.5. The quantitative estimate of drug-likeness (QED) is 0.784. The fourth-order valence-electron chi connectivity index (χ4n) is 4.85. The fraction of sp³-hybridized carbons (Fsp3) is 0.409. The van der Waals surface area contributed by atoms with E-state index in [1.807, 2.05) is 35.2 Å². The molecule has 5 nitrogen and oxygen atoms in total. The molecule has 2 heterocycles. The van der Waals surface area contributed by atoms with Gasteiger partial charge in [0.25, 0.3) is 0 Å². The van der Waals surface area contributed by atoms with Crippen molar-refractivity contribution < 1.29 is 13.2 Å². The highest BCUT2D eigenvalue weighted by molar-refractivity contribution is 7.89.